The van der Waals surface area contributed by atoms with Crippen molar-refractivity contribution in [3.05, 3.63) is 53.0 Å². The van der Waals surface area contributed by atoms with E-state index in [2.05, 4.69) is 18.5 Å². The molecule has 1 aromatic rings. The Balaban J connectivity index is 0. The first-order valence-electron chi connectivity index (χ1n) is 6.05. The van der Waals surface area contributed by atoms with E-state index in [1.165, 1.54) is 10.6 Å². The van der Waals surface area contributed by atoms with Crippen LogP contribution in [0.1, 0.15) is 39.6 Å². The third kappa shape index (κ3) is 12.8. The van der Waals surface area contributed by atoms with Gasteiger partial charge in [0.1, 0.15) is 0 Å². The summed E-state index contributed by atoms with van der Waals surface area (Å²) in [7, 11) is 0. The van der Waals surface area contributed by atoms with Gasteiger partial charge in [0.25, 0.3) is 0 Å². The highest BCUT2D eigenvalue weighted by Crippen LogP contribution is 2.02. The van der Waals surface area contributed by atoms with E-state index in [1.54, 1.807) is 17.4 Å². The Kier molecular flexibility index (Phi) is 15.9. The molecule has 0 fully saturated rings. The van der Waals surface area contributed by atoms with Gasteiger partial charge in [-0.3, -0.25) is 0 Å². The number of thiazole rings is 1. The zero-order chi connectivity index (χ0) is 13.5. The smallest absolute Gasteiger partial charge is 0.0922 e. The molecule has 0 bridgehead atoms. The van der Waals surface area contributed by atoms with E-state index < -0.39 is 0 Å². The van der Waals surface area contributed by atoms with Crippen molar-refractivity contribution in [1.29, 1.82) is 0 Å². The monoisotopic (exact) mass is 251 g/mol. The normalized spacial score (nSPS) is 10.1. The van der Waals surface area contributed by atoms with Gasteiger partial charge in [0.05, 0.1) is 5.01 Å². The Morgan fingerprint density at radius 1 is 1.47 bits per heavy atom. The van der Waals surface area contributed by atoms with Gasteiger partial charge in [-0.2, -0.15) is 0 Å². The Morgan fingerprint density at radius 2 is 2.12 bits per heavy atom. The number of aryl methyl sites for hydroxylation is 1. The van der Waals surface area contributed by atoms with Gasteiger partial charge in [0.15, 0.2) is 0 Å². The largest absolute Gasteiger partial charge is 0.250 e. The van der Waals surface area contributed by atoms with Crippen molar-refractivity contribution in [2.24, 2.45) is 0 Å². The maximum absolute atomic E-state index is 4.05. The van der Waals surface area contributed by atoms with Crippen molar-refractivity contribution in [3.63, 3.8) is 0 Å². The molecule has 1 heterocycles. The molecule has 0 unspecified atom stereocenters. The molecule has 0 spiro atoms. The summed E-state index contributed by atoms with van der Waals surface area (Å²) >= 11 is 1.71. The van der Waals surface area contributed by atoms with E-state index in [4.69, 9.17) is 0 Å². The van der Waals surface area contributed by atoms with Crippen LogP contribution in [-0.2, 0) is 6.42 Å². The Labute approximate surface area is 111 Å². The zero-order valence-electron chi connectivity index (χ0n) is 11.7. The van der Waals surface area contributed by atoms with Gasteiger partial charge >= 0.3 is 0 Å². The molecular formula is C15H25NS. The first kappa shape index (κ1) is 18.2. The molecule has 1 aromatic heterocycles. The average Bonchev–Trinajstić information content (AvgIpc) is 2.86. The van der Waals surface area contributed by atoms with Crippen LogP contribution in [-0.4, -0.2) is 4.98 Å². The lowest BCUT2D eigenvalue weighted by Crippen LogP contribution is -1.70. The van der Waals surface area contributed by atoms with E-state index in [1.807, 2.05) is 57.5 Å². The van der Waals surface area contributed by atoms with E-state index >= 15 is 0 Å². The molecule has 0 saturated heterocycles. The fourth-order valence-electron chi connectivity index (χ4n) is 0.932. The zero-order valence-corrected chi connectivity index (χ0v) is 12.6. The van der Waals surface area contributed by atoms with E-state index in [-0.39, 0.29) is 0 Å². The lowest BCUT2D eigenvalue weighted by molar-refractivity contribution is 1.09. The first-order chi connectivity index (χ1) is 8.24. The molecule has 1 rings (SSSR count). The average molecular weight is 251 g/mol. The molecule has 0 radical (unpaired) electrons. The first-order valence-corrected chi connectivity index (χ1v) is 6.92. The van der Waals surface area contributed by atoms with Crippen LogP contribution in [0.3, 0.4) is 0 Å². The predicted octanol–water partition coefficient (Wildman–Crippen LogP) is 5.43. The van der Waals surface area contributed by atoms with Crippen molar-refractivity contribution < 1.29 is 0 Å². The van der Waals surface area contributed by atoms with Crippen molar-refractivity contribution in [2.75, 3.05) is 0 Å². The molecule has 17 heavy (non-hydrogen) atoms. The molecule has 0 aliphatic heterocycles. The minimum absolute atomic E-state index is 1.07. The number of nitrogens with zero attached hydrogens (tertiary/aromatic N) is 1. The number of hydrogen-bond acceptors (Lipinski definition) is 2. The van der Waals surface area contributed by atoms with Crippen LogP contribution in [0.4, 0.5) is 0 Å². The summed E-state index contributed by atoms with van der Waals surface area (Å²) in [4.78, 5) is 4.05. The van der Waals surface area contributed by atoms with E-state index in [0.29, 0.717) is 0 Å². The number of aromatic nitrogens is 1. The second-order valence-electron chi connectivity index (χ2n) is 2.93. The SMILES string of the molecule is C=C/C=C(C)\C=C/C.CC.CCc1nccs1. The number of allylic oxidation sites excluding steroid dienone is 5. The second kappa shape index (κ2) is 14.8. The third-order valence-electron chi connectivity index (χ3n) is 1.60. The van der Waals surface area contributed by atoms with Gasteiger partial charge in [-0.05, 0) is 20.3 Å². The molecule has 2 heteroatoms. The molecule has 0 amide bonds. The van der Waals surface area contributed by atoms with Crippen LogP contribution in [0.2, 0.25) is 0 Å². The van der Waals surface area contributed by atoms with Gasteiger partial charge in [0.2, 0.25) is 0 Å². The van der Waals surface area contributed by atoms with Gasteiger partial charge in [-0.25, -0.2) is 4.98 Å². The molecule has 0 aromatic carbocycles. The van der Waals surface area contributed by atoms with Crippen LogP contribution in [0.15, 0.2) is 48.0 Å². The van der Waals surface area contributed by atoms with E-state index in [9.17, 15) is 0 Å². The number of rotatable bonds is 3. The fraction of sp³-hybridized carbons (Fsp3) is 0.400. The maximum atomic E-state index is 4.05. The molecule has 0 atom stereocenters. The highest BCUT2D eigenvalue weighted by atomic mass is 32.1. The van der Waals surface area contributed by atoms with Crippen LogP contribution >= 0.6 is 11.3 Å². The third-order valence-corrected chi connectivity index (χ3v) is 2.52. The summed E-state index contributed by atoms with van der Waals surface area (Å²) in [6, 6.07) is 0. The van der Waals surface area contributed by atoms with Crippen LogP contribution in [0.5, 0.6) is 0 Å². The summed E-state index contributed by atoms with van der Waals surface area (Å²) in [6.45, 7) is 13.7. The molecule has 0 aliphatic carbocycles. The van der Waals surface area contributed by atoms with E-state index in [0.717, 1.165) is 6.42 Å². The Morgan fingerprint density at radius 3 is 2.41 bits per heavy atom. The summed E-state index contributed by atoms with van der Waals surface area (Å²) < 4.78 is 0. The van der Waals surface area contributed by atoms with Crippen LogP contribution in [0.25, 0.3) is 0 Å². The van der Waals surface area contributed by atoms with Crippen LogP contribution < -0.4 is 0 Å². The lowest BCUT2D eigenvalue weighted by atomic mass is 10.2. The molecule has 96 valence electrons. The summed E-state index contributed by atoms with van der Waals surface area (Å²) in [6.07, 6.45) is 10.7. The van der Waals surface area contributed by atoms with Crippen molar-refractivity contribution >= 4 is 11.3 Å². The quantitative estimate of drug-likeness (QED) is 0.653. The van der Waals surface area contributed by atoms with Crippen molar-refractivity contribution in [2.45, 2.75) is 41.0 Å². The molecular weight excluding hydrogens is 226 g/mol. The van der Waals surface area contributed by atoms with Gasteiger partial charge in [-0.1, -0.05) is 57.2 Å². The Bertz CT molecular complexity index is 308. The van der Waals surface area contributed by atoms with Crippen molar-refractivity contribution in [3.8, 4) is 0 Å². The highest BCUT2D eigenvalue weighted by Gasteiger charge is 1.84. The summed E-state index contributed by atoms with van der Waals surface area (Å²) in [5.74, 6) is 0. The van der Waals surface area contributed by atoms with Gasteiger partial charge < -0.3 is 0 Å². The molecule has 0 aliphatic rings. The molecule has 1 nitrogen and oxygen atoms in total. The minimum atomic E-state index is 1.07. The van der Waals surface area contributed by atoms with Crippen LogP contribution in [0, 0.1) is 0 Å². The van der Waals surface area contributed by atoms with Gasteiger partial charge in [0, 0.05) is 11.6 Å². The number of hydrogen-bond donors (Lipinski definition) is 0. The summed E-state index contributed by atoms with van der Waals surface area (Å²) in [5, 5.41) is 3.22. The fourth-order valence-corrected chi connectivity index (χ4v) is 1.50. The topological polar surface area (TPSA) is 12.9 Å². The minimum Gasteiger partial charge on any atom is -0.250 e. The second-order valence-corrected chi connectivity index (χ2v) is 3.90. The van der Waals surface area contributed by atoms with Gasteiger partial charge in [-0.15, -0.1) is 11.3 Å². The summed E-state index contributed by atoms with van der Waals surface area (Å²) in [5.41, 5.74) is 1.24. The molecule has 0 N–H and O–H groups in total. The van der Waals surface area contributed by atoms with Crippen molar-refractivity contribution in [1.82, 2.24) is 4.98 Å². The lowest BCUT2D eigenvalue weighted by Gasteiger charge is -1.82. The predicted molar refractivity (Wildman–Crippen MR) is 81.6 cm³/mol. The molecule has 0 saturated carbocycles. The highest BCUT2D eigenvalue weighted by molar-refractivity contribution is 7.09. The standard InChI is InChI=1S/C8H12.C5H7NS.C2H6/c1-4-6-8(3)7-5-2;1-2-5-6-3-4-7-5;1-2/h4-7H,1H2,2-3H3;3-4H,2H2,1H3;1-2H3/b7-5-,8-6-;;. The maximum Gasteiger partial charge on any atom is 0.0922 e. The Hall–Kier alpha value is -1.15.